The van der Waals surface area contributed by atoms with Crippen molar-refractivity contribution < 1.29 is 9.53 Å². The maximum Gasteiger partial charge on any atom is 0.319 e. The number of nitrogens with two attached hydrogens (primary N) is 1. The number of carbonyl (C=O) groups is 1. The Bertz CT molecular complexity index is 330. The number of methoxy groups -OCH3 is 1. The monoisotopic (exact) mass is 202 g/mol. The van der Waals surface area contributed by atoms with Crippen molar-refractivity contribution in [2.45, 2.75) is 0 Å². The Kier molecular flexibility index (Phi) is 2.86. The molecule has 13 heavy (non-hydrogen) atoms. The lowest BCUT2D eigenvalue weighted by atomic mass is 10.6. The van der Waals surface area contributed by atoms with E-state index in [0.29, 0.717) is 0 Å². The molecule has 0 saturated carbocycles. The third-order valence-corrected chi connectivity index (χ3v) is 1.31. The van der Waals surface area contributed by atoms with Crippen molar-refractivity contribution in [1.29, 1.82) is 0 Å². The van der Waals surface area contributed by atoms with Crippen molar-refractivity contribution in [3.05, 3.63) is 11.2 Å². The first kappa shape index (κ1) is 9.53. The van der Waals surface area contributed by atoms with E-state index in [2.05, 4.69) is 15.3 Å². The van der Waals surface area contributed by atoms with Gasteiger partial charge in [-0.25, -0.2) is 9.78 Å². The smallest absolute Gasteiger partial charge is 0.319 e. The summed E-state index contributed by atoms with van der Waals surface area (Å²) < 4.78 is 4.79. The lowest BCUT2D eigenvalue weighted by Gasteiger charge is -2.02. The molecule has 1 rings (SSSR count). The standard InChI is InChI=1S/C6H7ClN4O2/c1-13-4-2-3(7)9-6(10-4)11-5(8)12/h2H,1H3,(H3,8,9,10,11,12). The fourth-order valence-electron chi connectivity index (χ4n) is 0.668. The quantitative estimate of drug-likeness (QED) is 0.689. The molecule has 7 heteroatoms. The van der Waals surface area contributed by atoms with E-state index in [1.165, 1.54) is 13.2 Å². The van der Waals surface area contributed by atoms with E-state index in [4.69, 9.17) is 22.1 Å². The van der Waals surface area contributed by atoms with Crippen LogP contribution in [0.1, 0.15) is 0 Å². The van der Waals surface area contributed by atoms with Gasteiger partial charge in [0.2, 0.25) is 11.8 Å². The Morgan fingerprint density at radius 3 is 2.92 bits per heavy atom. The summed E-state index contributed by atoms with van der Waals surface area (Å²) in [5, 5.41) is 2.34. The zero-order valence-corrected chi connectivity index (χ0v) is 7.50. The number of hydrogen-bond donors (Lipinski definition) is 2. The zero-order chi connectivity index (χ0) is 9.84. The molecule has 3 N–H and O–H groups in total. The summed E-state index contributed by atoms with van der Waals surface area (Å²) in [6, 6.07) is 0.651. The summed E-state index contributed by atoms with van der Waals surface area (Å²) in [6.07, 6.45) is 0. The summed E-state index contributed by atoms with van der Waals surface area (Å²) in [5.74, 6) is 0.264. The van der Waals surface area contributed by atoms with Crippen molar-refractivity contribution in [3.63, 3.8) is 0 Å². The van der Waals surface area contributed by atoms with Crippen molar-refractivity contribution in [2.75, 3.05) is 12.4 Å². The van der Waals surface area contributed by atoms with Gasteiger partial charge in [0.25, 0.3) is 0 Å². The maximum absolute atomic E-state index is 10.4. The molecule has 2 amide bonds. The number of ether oxygens (including phenoxy) is 1. The van der Waals surface area contributed by atoms with Crippen LogP contribution in [0.3, 0.4) is 0 Å². The highest BCUT2D eigenvalue weighted by molar-refractivity contribution is 6.29. The van der Waals surface area contributed by atoms with Gasteiger partial charge in [0.15, 0.2) is 0 Å². The van der Waals surface area contributed by atoms with E-state index >= 15 is 0 Å². The highest BCUT2D eigenvalue weighted by Gasteiger charge is 2.04. The number of aromatic nitrogens is 2. The lowest BCUT2D eigenvalue weighted by molar-refractivity contribution is 0.259. The molecule has 0 radical (unpaired) electrons. The van der Waals surface area contributed by atoms with E-state index in [-0.39, 0.29) is 17.0 Å². The summed E-state index contributed by atoms with van der Waals surface area (Å²) in [5.41, 5.74) is 4.85. The molecular formula is C6H7ClN4O2. The van der Waals surface area contributed by atoms with Crippen LogP contribution in [0.15, 0.2) is 6.07 Å². The first-order chi connectivity index (χ1) is 6.11. The van der Waals surface area contributed by atoms with Crippen molar-refractivity contribution >= 4 is 23.6 Å². The lowest BCUT2D eigenvalue weighted by Crippen LogP contribution is -2.21. The molecular weight excluding hydrogens is 196 g/mol. The third-order valence-electron chi connectivity index (χ3n) is 1.12. The Balaban J connectivity index is 2.94. The molecule has 0 aliphatic heterocycles. The normalized spacial score (nSPS) is 9.38. The van der Waals surface area contributed by atoms with E-state index in [0.717, 1.165) is 0 Å². The van der Waals surface area contributed by atoms with Crippen molar-refractivity contribution in [1.82, 2.24) is 9.97 Å². The van der Waals surface area contributed by atoms with Crippen LogP contribution in [0, 0.1) is 0 Å². The molecule has 0 aromatic carbocycles. The summed E-state index contributed by atoms with van der Waals surface area (Å²) in [4.78, 5) is 17.9. The number of rotatable bonds is 2. The molecule has 0 aliphatic carbocycles. The van der Waals surface area contributed by atoms with Crippen LogP contribution in [-0.2, 0) is 0 Å². The molecule has 0 bridgehead atoms. The second-order valence-electron chi connectivity index (χ2n) is 2.05. The van der Waals surface area contributed by atoms with Gasteiger partial charge in [-0.15, -0.1) is 0 Å². The van der Waals surface area contributed by atoms with Crippen LogP contribution in [0.2, 0.25) is 5.15 Å². The summed E-state index contributed by atoms with van der Waals surface area (Å²) >= 11 is 5.59. The van der Waals surface area contributed by atoms with Gasteiger partial charge in [0.05, 0.1) is 7.11 Å². The number of nitrogens with one attached hydrogen (secondary N) is 1. The van der Waals surface area contributed by atoms with E-state index < -0.39 is 6.03 Å². The van der Waals surface area contributed by atoms with E-state index in [9.17, 15) is 4.79 Å². The molecule has 0 atom stereocenters. The van der Waals surface area contributed by atoms with Gasteiger partial charge >= 0.3 is 6.03 Å². The second kappa shape index (κ2) is 3.90. The van der Waals surface area contributed by atoms with Crippen LogP contribution in [0.4, 0.5) is 10.7 Å². The molecule has 0 spiro atoms. The van der Waals surface area contributed by atoms with Crippen LogP contribution >= 0.6 is 11.6 Å². The fraction of sp³-hybridized carbons (Fsp3) is 0.167. The molecule has 6 nitrogen and oxygen atoms in total. The van der Waals surface area contributed by atoms with Gasteiger partial charge in [0.1, 0.15) is 5.15 Å². The maximum atomic E-state index is 10.4. The summed E-state index contributed by atoms with van der Waals surface area (Å²) in [6.45, 7) is 0. The third kappa shape index (κ3) is 2.75. The first-order valence-corrected chi connectivity index (χ1v) is 3.64. The molecule has 70 valence electrons. The number of carbonyl (C=O) groups excluding carboxylic acids is 1. The number of hydrogen-bond acceptors (Lipinski definition) is 4. The minimum atomic E-state index is -0.760. The SMILES string of the molecule is COc1cc(Cl)nc(NC(N)=O)n1. The highest BCUT2D eigenvalue weighted by atomic mass is 35.5. The average molecular weight is 203 g/mol. The topological polar surface area (TPSA) is 90.1 Å². The van der Waals surface area contributed by atoms with Crippen molar-refractivity contribution in [2.24, 2.45) is 5.73 Å². The summed E-state index contributed by atoms with van der Waals surface area (Å²) in [7, 11) is 1.42. The Morgan fingerprint density at radius 1 is 1.69 bits per heavy atom. The largest absolute Gasteiger partial charge is 0.481 e. The van der Waals surface area contributed by atoms with E-state index in [1.54, 1.807) is 0 Å². The van der Waals surface area contributed by atoms with Gasteiger partial charge in [-0.3, -0.25) is 5.32 Å². The number of urea groups is 1. The van der Waals surface area contributed by atoms with Crippen molar-refractivity contribution in [3.8, 4) is 5.88 Å². The number of nitrogens with zero attached hydrogens (tertiary/aromatic N) is 2. The predicted molar refractivity (Wildman–Crippen MR) is 46.8 cm³/mol. The Morgan fingerprint density at radius 2 is 2.38 bits per heavy atom. The number of halogens is 1. The number of amides is 2. The highest BCUT2D eigenvalue weighted by Crippen LogP contribution is 2.15. The Labute approximate surface area is 79.1 Å². The van der Waals surface area contributed by atoms with Crippen LogP contribution < -0.4 is 15.8 Å². The van der Waals surface area contributed by atoms with Gasteiger partial charge < -0.3 is 10.5 Å². The predicted octanol–water partition coefficient (Wildman–Crippen LogP) is 0.629. The molecule has 1 heterocycles. The second-order valence-corrected chi connectivity index (χ2v) is 2.43. The average Bonchev–Trinajstić information content (AvgIpc) is 2.01. The number of primary amides is 1. The first-order valence-electron chi connectivity index (χ1n) is 3.27. The molecule has 0 aliphatic rings. The van der Waals surface area contributed by atoms with Gasteiger partial charge in [0, 0.05) is 6.07 Å². The van der Waals surface area contributed by atoms with Gasteiger partial charge in [-0.05, 0) is 0 Å². The number of anilines is 1. The zero-order valence-electron chi connectivity index (χ0n) is 6.74. The molecule has 0 unspecified atom stereocenters. The fourth-order valence-corrected chi connectivity index (χ4v) is 0.841. The van der Waals surface area contributed by atoms with Crippen LogP contribution in [-0.4, -0.2) is 23.1 Å². The Hall–Kier alpha value is -1.56. The van der Waals surface area contributed by atoms with Crippen LogP contribution in [0.25, 0.3) is 0 Å². The van der Waals surface area contributed by atoms with Gasteiger partial charge in [-0.1, -0.05) is 11.6 Å². The minimum Gasteiger partial charge on any atom is -0.481 e. The molecule has 0 fully saturated rings. The van der Waals surface area contributed by atoms with Crippen LogP contribution in [0.5, 0.6) is 5.88 Å². The van der Waals surface area contributed by atoms with E-state index in [1.807, 2.05) is 0 Å². The molecule has 1 aromatic rings. The minimum absolute atomic E-state index is 0.0110. The molecule has 1 aromatic heterocycles. The molecule has 0 saturated heterocycles. The van der Waals surface area contributed by atoms with Gasteiger partial charge in [-0.2, -0.15) is 4.98 Å².